The lowest BCUT2D eigenvalue weighted by atomic mass is 10.0. The Morgan fingerprint density at radius 2 is 1.96 bits per heavy atom. The van der Waals surface area contributed by atoms with Gasteiger partial charge >= 0.3 is 0 Å². The van der Waals surface area contributed by atoms with Crippen molar-refractivity contribution in [2.24, 2.45) is 4.99 Å². The maximum Gasteiger partial charge on any atom is 0.214 e. The van der Waals surface area contributed by atoms with E-state index in [0.29, 0.717) is 12.4 Å². The van der Waals surface area contributed by atoms with Crippen LogP contribution in [0.3, 0.4) is 0 Å². The number of hydrogen-bond acceptors (Lipinski definition) is 5. The minimum atomic E-state index is 0.0392. The molecule has 2 rings (SSSR count). The van der Waals surface area contributed by atoms with E-state index in [-0.39, 0.29) is 5.54 Å². The second-order valence-electron chi connectivity index (χ2n) is 6.44. The molecule has 7 heteroatoms. The van der Waals surface area contributed by atoms with E-state index >= 15 is 0 Å². The predicted molar refractivity (Wildman–Crippen MR) is 90.6 cm³/mol. The van der Waals surface area contributed by atoms with E-state index in [0.717, 1.165) is 50.3 Å². The van der Waals surface area contributed by atoms with Crippen LogP contribution in [-0.4, -0.2) is 61.3 Å². The number of aryl methyl sites for hydroxylation is 2. The Morgan fingerprint density at radius 3 is 2.52 bits per heavy atom. The molecule has 2 heterocycles. The zero-order valence-corrected chi connectivity index (χ0v) is 14.9. The van der Waals surface area contributed by atoms with Gasteiger partial charge in [-0.2, -0.15) is 0 Å². The van der Waals surface area contributed by atoms with E-state index in [1.165, 1.54) is 0 Å². The fourth-order valence-electron chi connectivity index (χ4n) is 2.58. The van der Waals surface area contributed by atoms with Gasteiger partial charge in [0.15, 0.2) is 5.96 Å². The zero-order chi connectivity index (χ0) is 16.9. The summed E-state index contributed by atoms with van der Waals surface area (Å²) < 4.78 is 11.0. The first-order valence-corrected chi connectivity index (χ1v) is 8.12. The van der Waals surface area contributed by atoms with Crippen molar-refractivity contribution in [2.45, 2.75) is 39.8 Å². The van der Waals surface area contributed by atoms with Crippen LogP contribution in [0, 0.1) is 13.8 Å². The molecule has 1 saturated heterocycles. The van der Waals surface area contributed by atoms with Crippen LogP contribution < -0.4 is 10.6 Å². The summed E-state index contributed by atoms with van der Waals surface area (Å²) in [6.07, 6.45) is 0. The number of hydrogen-bond donors (Lipinski definition) is 2. The summed E-state index contributed by atoms with van der Waals surface area (Å²) in [5, 5.41) is 6.63. The largest absolute Gasteiger partial charge is 0.444 e. The monoisotopic (exact) mass is 323 g/mol. The normalized spacial score (nSPS) is 17.3. The van der Waals surface area contributed by atoms with Gasteiger partial charge in [-0.05, 0) is 27.7 Å². The molecule has 0 unspecified atom stereocenters. The van der Waals surface area contributed by atoms with Gasteiger partial charge in [0.2, 0.25) is 5.89 Å². The van der Waals surface area contributed by atoms with Gasteiger partial charge in [0.05, 0.1) is 25.5 Å². The summed E-state index contributed by atoms with van der Waals surface area (Å²) in [5.41, 5.74) is 0.968. The maximum atomic E-state index is 5.57. The molecular weight excluding hydrogens is 294 g/mol. The molecule has 1 aliphatic heterocycles. The average Bonchev–Trinajstić information content (AvgIpc) is 2.87. The molecule has 1 aliphatic rings. The lowest BCUT2D eigenvalue weighted by molar-refractivity contribution is -0.00834. The third-order valence-electron chi connectivity index (χ3n) is 4.26. The first kappa shape index (κ1) is 17.7. The Hall–Kier alpha value is -1.60. The third kappa shape index (κ3) is 4.94. The van der Waals surface area contributed by atoms with Gasteiger partial charge in [0.1, 0.15) is 5.76 Å². The molecular formula is C16H29N5O2. The highest BCUT2D eigenvalue weighted by atomic mass is 16.5. The van der Waals surface area contributed by atoms with E-state index in [2.05, 4.69) is 39.4 Å². The van der Waals surface area contributed by atoms with Crippen molar-refractivity contribution in [1.29, 1.82) is 0 Å². The highest BCUT2D eigenvalue weighted by molar-refractivity contribution is 5.79. The van der Waals surface area contributed by atoms with Gasteiger partial charge in [0, 0.05) is 32.2 Å². The second kappa shape index (κ2) is 7.79. The van der Waals surface area contributed by atoms with Gasteiger partial charge in [-0.15, -0.1) is 0 Å². The molecule has 23 heavy (non-hydrogen) atoms. The lowest BCUT2D eigenvalue weighted by Crippen LogP contribution is -2.56. The molecule has 0 aliphatic carbocycles. The highest BCUT2D eigenvalue weighted by Gasteiger charge is 2.28. The van der Waals surface area contributed by atoms with Crippen LogP contribution in [0.5, 0.6) is 0 Å². The summed E-state index contributed by atoms with van der Waals surface area (Å²) in [5.74, 6) is 2.29. The number of guanidine groups is 1. The van der Waals surface area contributed by atoms with Gasteiger partial charge in [0.25, 0.3) is 0 Å². The van der Waals surface area contributed by atoms with Crippen LogP contribution in [-0.2, 0) is 11.3 Å². The molecule has 1 fully saturated rings. The van der Waals surface area contributed by atoms with E-state index < -0.39 is 0 Å². The smallest absolute Gasteiger partial charge is 0.214 e. The molecule has 1 aromatic heterocycles. The Bertz CT molecular complexity index is 513. The fraction of sp³-hybridized carbons (Fsp3) is 0.750. The molecule has 7 nitrogen and oxygen atoms in total. The summed E-state index contributed by atoms with van der Waals surface area (Å²) in [7, 11) is 1.77. The molecule has 1 aromatic rings. The van der Waals surface area contributed by atoms with E-state index in [1.807, 2.05) is 13.8 Å². The average molecular weight is 323 g/mol. The number of rotatable bonds is 5. The van der Waals surface area contributed by atoms with Gasteiger partial charge < -0.3 is 19.8 Å². The predicted octanol–water partition coefficient (Wildman–Crippen LogP) is 1.07. The number of aliphatic imine (C=N–C) groups is 1. The van der Waals surface area contributed by atoms with Crippen molar-refractivity contribution < 1.29 is 9.15 Å². The molecule has 0 radical (unpaired) electrons. The van der Waals surface area contributed by atoms with Crippen molar-refractivity contribution >= 4 is 5.96 Å². The number of aromatic nitrogens is 1. The van der Waals surface area contributed by atoms with Gasteiger partial charge in [-0.3, -0.25) is 9.89 Å². The topological polar surface area (TPSA) is 74.9 Å². The highest BCUT2D eigenvalue weighted by Crippen LogP contribution is 2.15. The minimum Gasteiger partial charge on any atom is -0.444 e. The van der Waals surface area contributed by atoms with E-state index in [4.69, 9.17) is 9.15 Å². The van der Waals surface area contributed by atoms with Crippen molar-refractivity contribution in [3.8, 4) is 0 Å². The summed E-state index contributed by atoms with van der Waals surface area (Å²) in [6, 6.07) is 0. The Kier molecular flexibility index (Phi) is 6.01. The summed E-state index contributed by atoms with van der Waals surface area (Å²) in [4.78, 5) is 11.1. The maximum absolute atomic E-state index is 5.57. The van der Waals surface area contributed by atoms with Crippen molar-refractivity contribution in [3.63, 3.8) is 0 Å². The molecule has 0 saturated carbocycles. The van der Waals surface area contributed by atoms with Crippen molar-refractivity contribution in [1.82, 2.24) is 20.5 Å². The second-order valence-corrected chi connectivity index (χ2v) is 6.44. The number of morpholine rings is 1. The summed E-state index contributed by atoms with van der Waals surface area (Å²) >= 11 is 0. The molecule has 130 valence electrons. The molecule has 0 spiro atoms. The zero-order valence-electron chi connectivity index (χ0n) is 14.9. The van der Waals surface area contributed by atoms with Crippen molar-refractivity contribution in [3.05, 3.63) is 17.3 Å². The van der Waals surface area contributed by atoms with E-state index in [9.17, 15) is 0 Å². The molecule has 0 atom stereocenters. The fourth-order valence-corrected chi connectivity index (χ4v) is 2.58. The van der Waals surface area contributed by atoms with Crippen molar-refractivity contribution in [2.75, 3.05) is 39.9 Å². The number of oxazole rings is 1. The molecule has 0 bridgehead atoms. The van der Waals surface area contributed by atoms with Crippen LogP contribution in [0.1, 0.15) is 31.2 Å². The Labute approximate surface area is 138 Å². The third-order valence-corrected chi connectivity index (χ3v) is 4.26. The standard InChI is InChI=1S/C16H29N5O2/c1-12-13(2)23-14(20-12)10-18-15(17-5)19-11-16(3,4)21-6-8-22-9-7-21/h6-11H2,1-5H3,(H2,17,18,19). The number of nitrogens with one attached hydrogen (secondary N) is 2. The summed E-state index contributed by atoms with van der Waals surface area (Å²) in [6.45, 7) is 13.2. The van der Waals surface area contributed by atoms with Crippen LogP contribution in [0.2, 0.25) is 0 Å². The van der Waals surface area contributed by atoms with Gasteiger partial charge in [-0.1, -0.05) is 0 Å². The lowest BCUT2D eigenvalue weighted by Gasteiger charge is -2.41. The number of nitrogens with zero attached hydrogens (tertiary/aromatic N) is 3. The first-order valence-electron chi connectivity index (χ1n) is 8.12. The first-order chi connectivity index (χ1) is 10.9. The van der Waals surface area contributed by atoms with Gasteiger partial charge in [-0.25, -0.2) is 4.98 Å². The SMILES string of the molecule is CN=C(NCc1nc(C)c(C)o1)NCC(C)(C)N1CCOCC1. The van der Waals surface area contributed by atoms with E-state index in [1.54, 1.807) is 7.05 Å². The Balaban J connectivity index is 1.82. The number of ether oxygens (including phenoxy) is 1. The minimum absolute atomic E-state index is 0.0392. The molecule has 0 amide bonds. The molecule has 2 N–H and O–H groups in total. The van der Waals surface area contributed by atoms with Crippen LogP contribution in [0.15, 0.2) is 9.41 Å². The quantitative estimate of drug-likeness (QED) is 0.624. The Morgan fingerprint density at radius 1 is 1.26 bits per heavy atom. The van der Waals surface area contributed by atoms with Crippen LogP contribution >= 0.6 is 0 Å². The van der Waals surface area contributed by atoms with Crippen LogP contribution in [0.4, 0.5) is 0 Å². The van der Waals surface area contributed by atoms with Crippen LogP contribution in [0.25, 0.3) is 0 Å². The molecule has 0 aromatic carbocycles.